The third-order valence-electron chi connectivity index (χ3n) is 4.60. The molecule has 4 unspecified atom stereocenters. The first kappa shape index (κ1) is 12.2. The van der Waals surface area contributed by atoms with Crippen molar-refractivity contribution in [2.75, 3.05) is 0 Å². The van der Waals surface area contributed by atoms with E-state index >= 15 is 0 Å². The van der Waals surface area contributed by atoms with Crippen LogP contribution in [0.2, 0.25) is 0 Å². The second-order valence-corrected chi connectivity index (χ2v) is 7.38. The molecule has 2 saturated carbocycles. The topological polar surface area (TPSA) is 20.3 Å². The van der Waals surface area contributed by atoms with E-state index in [1.165, 1.54) is 51.4 Å². The van der Waals surface area contributed by atoms with Crippen molar-refractivity contribution in [2.24, 2.45) is 0 Å². The average Bonchev–Trinajstić information content (AvgIpc) is 2.35. The van der Waals surface area contributed by atoms with E-state index < -0.39 is 0 Å². The van der Waals surface area contributed by atoms with Gasteiger partial charge in [0.25, 0.3) is 0 Å². The number of thioether (sulfide) groups is 1. The van der Waals surface area contributed by atoms with Crippen molar-refractivity contribution in [2.45, 2.75) is 74.0 Å². The number of amides is 1. The van der Waals surface area contributed by atoms with Gasteiger partial charge in [0.2, 0.25) is 0 Å². The third-order valence-corrected chi connectivity index (χ3v) is 6.60. The minimum atomic E-state index is -0.195. The molecule has 3 rings (SSSR count). The lowest BCUT2D eigenvalue weighted by Crippen LogP contribution is -2.59. The molecule has 17 heavy (non-hydrogen) atoms. The Balaban J connectivity index is 1.85. The number of hydrogen-bond acceptors (Lipinski definition) is 2. The van der Waals surface area contributed by atoms with Crippen LogP contribution in [0, 0.1) is 0 Å². The molecule has 1 amide bonds. The van der Waals surface area contributed by atoms with E-state index in [-0.39, 0.29) is 5.37 Å². The van der Waals surface area contributed by atoms with Crippen molar-refractivity contribution in [1.29, 1.82) is 0 Å². The summed E-state index contributed by atoms with van der Waals surface area (Å²) in [6.07, 6.45) is 10.1. The van der Waals surface area contributed by atoms with Gasteiger partial charge in [0, 0.05) is 22.6 Å². The van der Waals surface area contributed by atoms with Gasteiger partial charge in [-0.1, -0.05) is 25.7 Å². The number of fused-ring (bicyclic) bond motifs is 2. The maximum absolute atomic E-state index is 11.8. The lowest BCUT2D eigenvalue weighted by Gasteiger charge is -2.52. The molecule has 4 heteroatoms. The molecule has 2 nitrogen and oxygen atoms in total. The fourth-order valence-corrected chi connectivity index (χ4v) is 6.04. The van der Waals surface area contributed by atoms with Crippen molar-refractivity contribution < 1.29 is 4.79 Å². The van der Waals surface area contributed by atoms with Crippen molar-refractivity contribution in [3.05, 3.63) is 0 Å². The Bertz CT molecular complexity index is 290. The predicted molar refractivity (Wildman–Crippen MR) is 72.8 cm³/mol. The zero-order valence-electron chi connectivity index (χ0n) is 10.1. The lowest BCUT2D eigenvalue weighted by atomic mass is 9.87. The SMILES string of the molecule is O=C(Cl)N1C2CCCCC2SC2CCCCC21. The molecule has 1 saturated heterocycles. The quantitative estimate of drug-likeness (QED) is 0.491. The van der Waals surface area contributed by atoms with Crippen LogP contribution < -0.4 is 0 Å². The third kappa shape index (κ3) is 2.21. The largest absolute Gasteiger partial charge is 0.321 e. The number of carbonyl (C=O) groups is 1. The predicted octanol–water partition coefficient (Wildman–Crippen LogP) is 4.02. The Hall–Kier alpha value is 0.110. The van der Waals surface area contributed by atoms with E-state index in [0.29, 0.717) is 22.6 Å². The number of nitrogens with zero attached hydrogens (tertiary/aromatic N) is 1. The summed E-state index contributed by atoms with van der Waals surface area (Å²) in [7, 11) is 0. The molecule has 1 aliphatic heterocycles. The van der Waals surface area contributed by atoms with Gasteiger partial charge in [0.15, 0.2) is 0 Å². The van der Waals surface area contributed by atoms with Gasteiger partial charge in [0.1, 0.15) is 0 Å². The van der Waals surface area contributed by atoms with Crippen LogP contribution in [0.5, 0.6) is 0 Å². The second kappa shape index (κ2) is 5.00. The maximum Gasteiger partial charge on any atom is 0.316 e. The molecule has 3 fully saturated rings. The molecule has 0 aromatic rings. The first-order valence-electron chi connectivity index (χ1n) is 6.90. The highest BCUT2D eigenvalue weighted by atomic mass is 35.5. The summed E-state index contributed by atoms with van der Waals surface area (Å²) in [6.45, 7) is 0. The maximum atomic E-state index is 11.8. The van der Waals surface area contributed by atoms with E-state index in [9.17, 15) is 4.79 Å². The molecular formula is C13H20ClNOS. The highest BCUT2D eigenvalue weighted by molar-refractivity contribution is 8.00. The molecule has 0 bridgehead atoms. The summed E-state index contributed by atoms with van der Waals surface area (Å²) in [4.78, 5) is 13.9. The van der Waals surface area contributed by atoms with Crippen LogP contribution in [0.15, 0.2) is 0 Å². The number of hydrogen-bond donors (Lipinski definition) is 0. The van der Waals surface area contributed by atoms with E-state index in [0.717, 1.165) is 0 Å². The first-order valence-corrected chi connectivity index (χ1v) is 8.22. The normalized spacial score (nSPS) is 41.6. The lowest BCUT2D eigenvalue weighted by molar-refractivity contribution is 0.117. The highest BCUT2D eigenvalue weighted by Crippen LogP contribution is 2.46. The fraction of sp³-hybridized carbons (Fsp3) is 0.923. The molecule has 0 spiro atoms. The monoisotopic (exact) mass is 273 g/mol. The van der Waals surface area contributed by atoms with Gasteiger partial charge in [-0.3, -0.25) is 4.79 Å². The van der Waals surface area contributed by atoms with Crippen LogP contribution >= 0.6 is 23.4 Å². The summed E-state index contributed by atoms with van der Waals surface area (Å²) in [6, 6.07) is 0.858. The van der Waals surface area contributed by atoms with Gasteiger partial charge in [-0.15, -0.1) is 0 Å². The van der Waals surface area contributed by atoms with Crippen LogP contribution in [-0.2, 0) is 0 Å². The van der Waals surface area contributed by atoms with E-state index in [1.54, 1.807) is 0 Å². The Kier molecular flexibility index (Phi) is 3.58. The minimum absolute atomic E-state index is 0.195. The summed E-state index contributed by atoms with van der Waals surface area (Å²) in [5, 5.41) is 1.12. The summed E-state index contributed by atoms with van der Waals surface area (Å²) in [5.74, 6) is 0. The van der Waals surface area contributed by atoms with Gasteiger partial charge in [-0.05, 0) is 37.3 Å². The van der Waals surface area contributed by atoms with Crippen molar-refractivity contribution in [3.63, 3.8) is 0 Å². The molecule has 96 valence electrons. The summed E-state index contributed by atoms with van der Waals surface area (Å²) >= 11 is 8.04. The average molecular weight is 274 g/mol. The zero-order valence-corrected chi connectivity index (χ0v) is 11.7. The zero-order chi connectivity index (χ0) is 11.8. The van der Waals surface area contributed by atoms with Gasteiger partial charge in [-0.2, -0.15) is 11.8 Å². The van der Waals surface area contributed by atoms with Crippen molar-refractivity contribution in [1.82, 2.24) is 4.90 Å². The van der Waals surface area contributed by atoms with Crippen LogP contribution in [0.25, 0.3) is 0 Å². The minimum Gasteiger partial charge on any atom is -0.321 e. The van der Waals surface area contributed by atoms with Crippen molar-refractivity contribution >= 4 is 28.7 Å². The number of halogens is 1. The second-order valence-electron chi connectivity index (χ2n) is 5.58. The molecule has 3 aliphatic rings. The molecule has 0 radical (unpaired) electrons. The van der Waals surface area contributed by atoms with Crippen LogP contribution in [0.3, 0.4) is 0 Å². The molecular weight excluding hydrogens is 254 g/mol. The van der Waals surface area contributed by atoms with Crippen LogP contribution in [0.1, 0.15) is 51.4 Å². The van der Waals surface area contributed by atoms with E-state index in [2.05, 4.69) is 16.7 Å². The van der Waals surface area contributed by atoms with E-state index in [1.807, 2.05) is 0 Å². The Morgan fingerprint density at radius 1 is 0.941 bits per heavy atom. The standard InChI is InChI=1S/C13H20ClNOS/c14-13(16)15-9-5-1-3-7-11(9)17-12-8-4-2-6-10(12)15/h9-12H,1-8H2. The van der Waals surface area contributed by atoms with Gasteiger partial charge in [-0.25, -0.2) is 0 Å². The van der Waals surface area contributed by atoms with Crippen LogP contribution in [0.4, 0.5) is 4.79 Å². The summed E-state index contributed by atoms with van der Waals surface area (Å²) < 4.78 is 0. The number of carbonyl (C=O) groups excluding carboxylic acids is 1. The Morgan fingerprint density at radius 2 is 1.41 bits per heavy atom. The van der Waals surface area contributed by atoms with Crippen LogP contribution in [-0.4, -0.2) is 32.8 Å². The Morgan fingerprint density at radius 3 is 1.88 bits per heavy atom. The Labute approximate surface area is 112 Å². The molecule has 0 N–H and O–H groups in total. The molecule has 0 aromatic carbocycles. The highest BCUT2D eigenvalue weighted by Gasteiger charge is 2.46. The van der Waals surface area contributed by atoms with E-state index in [4.69, 9.17) is 11.6 Å². The van der Waals surface area contributed by atoms with Gasteiger partial charge in [0.05, 0.1) is 0 Å². The first-order chi connectivity index (χ1) is 8.27. The molecule has 0 aromatic heterocycles. The molecule has 2 aliphatic carbocycles. The smallest absolute Gasteiger partial charge is 0.316 e. The van der Waals surface area contributed by atoms with Gasteiger partial charge < -0.3 is 4.90 Å². The van der Waals surface area contributed by atoms with Crippen molar-refractivity contribution in [3.8, 4) is 0 Å². The van der Waals surface area contributed by atoms with Gasteiger partial charge >= 0.3 is 5.37 Å². The summed E-state index contributed by atoms with van der Waals surface area (Å²) in [5.41, 5.74) is 0. The molecule has 4 atom stereocenters. The fourth-order valence-electron chi connectivity index (χ4n) is 3.84. The molecule has 1 heterocycles. The number of rotatable bonds is 0.